The minimum atomic E-state index is 0.0829. The van der Waals surface area contributed by atoms with Crippen LogP contribution in [0.4, 0.5) is 0 Å². The van der Waals surface area contributed by atoms with Crippen LogP contribution >= 0.6 is 0 Å². The lowest BCUT2D eigenvalue weighted by Gasteiger charge is -2.32. The Morgan fingerprint density at radius 3 is 3.04 bits per heavy atom. The molecule has 6 heteroatoms. The molecule has 0 radical (unpaired) electrons. The fourth-order valence-corrected chi connectivity index (χ4v) is 3.49. The number of rotatable bonds is 2. The second-order valence-electron chi connectivity index (χ2n) is 6.52. The average Bonchev–Trinajstić information content (AvgIpc) is 3.19. The van der Waals surface area contributed by atoms with Crippen LogP contribution in [0.3, 0.4) is 0 Å². The summed E-state index contributed by atoms with van der Waals surface area (Å²) in [6, 6.07) is 6.09. The van der Waals surface area contributed by atoms with Crippen LogP contribution in [0.1, 0.15) is 40.5 Å². The molecule has 1 N–H and O–H groups in total. The Bertz CT molecular complexity index is 861. The molecule has 24 heavy (non-hydrogen) atoms. The number of fused-ring (bicyclic) bond motifs is 1. The van der Waals surface area contributed by atoms with Crippen molar-refractivity contribution in [1.82, 2.24) is 24.6 Å². The van der Waals surface area contributed by atoms with Gasteiger partial charge in [-0.2, -0.15) is 5.10 Å². The number of aryl methyl sites for hydroxylation is 1. The number of aromatic amines is 1. The van der Waals surface area contributed by atoms with E-state index in [-0.39, 0.29) is 5.91 Å². The number of H-pyrrole nitrogens is 1. The third kappa shape index (κ3) is 2.48. The first-order chi connectivity index (χ1) is 11.6. The summed E-state index contributed by atoms with van der Waals surface area (Å²) in [5, 5.41) is 4.19. The minimum Gasteiger partial charge on any atom is -0.357 e. The highest BCUT2D eigenvalue weighted by atomic mass is 16.2. The van der Waals surface area contributed by atoms with Crippen LogP contribution in [0, 0.1) is 6.92 Å². The largest absolute Gasteiger partial charge is 0.357 e. The Hall–Kier alpha value is -2.63. The number of amides is 1. The van der Waals surface area contributed by atoms with Gasteiger partial charge in [0.1, 0.15) is 0 Å². The van der Waals surface area contributed by atoms with Gasteiger partial charge in [0.25, 0.3) is 5.91 Å². The highest BCUT2D eigenvalue weighted by Gasteiger charge is 2.28. The fraction of sp³-hybridized carbons (Fsp3) is 0.389. The molecule has 0 bridgehead atoms. The molecule has 1 aliphatic rings. The summed E-state index contributed by atoms with van der Waals surface area (Å²) in [4.78, 5) is 22.6. The first-order valence-corrected chi connectivity index (χ1v) is 8.35. The summed E-state index contributed by atoms with van der Waals surface area (Å²) in [6.07, 6.45) is 5.58. The molecule has 1 saturated heterocycles. The fourth-order valence-electron chi connectivity index (χ4n) is 3.49. The standard InChI is InChI=1S/C18H21N5O/c1-12-14(10-20-22(12)2)18(24)23-8-4-5-13(11-23)16-9-17-15(21-16)6-3-7-19-17/h3,6-7,9-10,13,21H,4-5,8,11H2,1-2H3. The number of pyridine rings is 1. The van der Waals surface area contributed by atoms with Gasteiger partial charge in [-0.15, -0.1) is 0 Å². The lowest BCUT2D eigenvalue weighted by molar-refractivity contribution is 0.0705. The third-order valence-corrected chi connectivity index (χ3v) is 5.02. The normalized spacial score (nSPS) is 18.2. The molecule has 124 valence electrons. The molecule has 0 saturated carbocycles. The second kappa shape index (κ2) is 5.78. The van der Waals surface area contributed by atoms with Crippen LogP contribution in [0.2, 0.25) is 0 Å². The SMILES string of the molecule is Cc1c(C(=O)N2CCCC(c3cc4ncccc4[nH]3)C2)cnn1C. The van der Waals surface area contributed by atoms with Crippen molar-refractivity contribution < 1.29 is 4.79 Å². The van der Waals surface area contributed by atoms with Gasteiger partial charge < -0.3 is 9.88 Å². The van der Waals surface area contributed by atoms with E-state index in [1.54, 1.807) is 10.9 Å². The maximum atomic E-state index is 12.8. The molecule has 3 aromatic rings. The second-order valence-corrected chi connectivity index (χ2v) is 6.52. The molecule has 1 fully saturated rings. The Kier molecular flexibility index (Phi) is 3.59. The molecule has 4 heterocycles. The van der Waals surface area contributed by atoms with E-state index in [9.17, 15) is 4.79 Å². The molecule has 1 unspecified atom stereocenters. The number of likely N-dealkylation sites (tertiary alicyclic amines) is 1. The first-order valence-electron chi connectivity index (χ1n) is 8.35. The monoisotopic (exact) mass is 323 g/mol. The van der Waals surface area contributed by atoms with Crippen molar-refractivity contribution in [3.63, 3.8) is 0 Å². The summed E-state index contributed by atoms with van der Waals surface area (Å²) in [5.74, 6) is 0.411. The van der Waals surface area contributed by atoms with Crippen LogP contribution in [0.5, 0.6) is 0 Å². The number of hydrogen-bond acceptors (Lipinski definition) is 3. The molecule has 0 aliphatic carbocycles. The highest BCUT2D eigenvalue weighted by Crippen LogP contribution is 2.29. The van der Waals surface area contributed by atoms with Gasteiger partial charge in [0.15, 0.2) is 0 Å². The van der Waals surface area contributed by atoms with E-state index >= 15 is 0 Å². The van der Waals surface area contributed by atoms with Crippen molar-refractivity contribution in [2.75, 3.05) is 13.1 Å². The summed E-state index contributed by atoms with van der Waals surface area (Å²) in [7, 11) is 1.86. The number of nitrogens with zero attached hydrogens (tertiary/aromatic N) is 4. The van der Waals surface area contributed by atoms with Crippen molar-refractivity contribution in [1.29, 1.82) is 0 Å². The molecule has 0 aromatic carbocycles. The topological polar surface area (TPSA) is 66.8 Å². The Labute approximate surface area is 140 Å². The van der Waals surface area contributed by atoms with Gasteiger partial charge in [0.2, 0.25) is 0 Å². The highest BCUT2D eigenvalue weighted by molar-refractivity contribution is 5.95. The van der Waals surface area contributed by atoms with Crippen LogP contribution in [0.15, 0.2) is 30.6 Å². The van der Waals surface area contributed by atoms with Gasteiger partial charge in [0.05, 0.1) is 22.8 Å². The van der Waals surface area contributed by atoms with E-state index in [0.29, 0.717) is 11.5 Å². The zero-order valence-corrected chi connectivity index (χ0v) is 14.0. The predicted molar refractivity (Wildman–Crippen MR) is 91.9 cm³/mol. The number of piperidine rings is 1. The maximum absolute atomic E-state index is 12.8. The molecule has 1 aliphatic heterocycles. The van der Waals surface area contributed by atoms with Gasteiger partial charge in [-0.3, -0.25) is 14.5 Å². The minimum absolute atomic E-state index is 0.0829. The lowest BCUT2D eigenvalue weighted by atomic mass is 9.94. The van der Waals surface area contributed by atoms with Crippen LogP contribution in [0.25, 0.3) is 11.0 Å². The van der Waals surface area contributed by atoms with Crippen LogP contribution < -0.4 is 0 Å². The number of carbonyl (C=O) groups excluding carboxylic acids is 1. The molecule has 1 amide bonds. The predicted octanol–water partition coefficient (Wildman–Crippen LogP) is 2.62. The summed E-state index contributed by atoms with van der Waals surface area (Å²) < 4.78 is 1.75. The average molecular weight is 323 g/mol. The Balaban J connectivity index is 1.57. The van der Waals surface area contributed by atoms with Gasteiger partial charge in [-0.25, -0.2) is 0 Å². The van der Waals surface area contributed by atoms with Crippen LogP contribution in [-0.4, -0.2) is 43.6 Å². The van der Waals surface area contributed by atoms with E-state index in [2.05, 4.69) is 21.1 Å². The molecular formula is C18H21N5O. The zero-order valence-electron chi connectivity index (χ0n) is 14.0. The van der Waals surface area contributed by atoms with E-state index in [4.69, 9.17) is 0 Å². The third-order valence-electron chi connectivity index (χ3n) is 5.02. The Morgan fingerprint density at radius 2 is 2.29 bits per heavy atom. The number of aromatic nitrogens is 4. The van der Waals surface area contributed by atoms with E-state index in [1.165, 1.54) is 5.69 Å². The van der Waals surface area contributed by atoms with E-state index in [0.717, 1.165) is 42.7 Å². The zero-order chi connectivity index (χ0) is 16.7. The molecule has 3 aromatic heterocycles. The number of hydrogen-bond donors (Lipinski definition) is 1. The van der Waals surface area contributed by atoms with Crippen LogP contribution in [-0.2, 0) is 7.05 Å². The quantitative estimate of drug-likeness (QED) is 0.788. The number of carbonyl (C=O) groups is 1. The maximum Gasteiger partial charge on any atom is 0.257 e. The summed E-state index contributed by atoms with van der Waals surface area (Å²) >= 11 is 0. The first kappa shape index (κ1) is 14.9. The smallest absolute Gasteiger partial charge is 0.257 e. The van der Waals surface area contributed by atoms with Crippen molar-refractivity contribution in [2.24, 2.45) is 7.05 Å². The van der Waals surface area contributed by atoms with Gasteiger partial charge in [0, 0.05) is 43.6 Å². The van der Waals surface area contributed by atoms with Crippen molar-refractivity contribution in [2.45, 2.75) is 25.7 Å². The molecular weight excluding hydrogens is 302 g/mol. The molecule has 1 atom stereocenters. The summed E-state index contributed by atoms with van der Waals surface area (Å²) in [6.45, 7) is 3.48. The Morgan fingerprint density at radius 1 is 1.42 bits per heavy atom. The van der Waals surface area contributed by atoms with Crippen molar-refractivity contribution >= 4 is 16.9 Å². The van der Waals surface area contributed by atoms with Gasteiger partial charge >= 0.3 is 0 Å². The summed E-state index contributed by atoms with van der Waals surface area (Å²) in [5.41, 5.74) is 4.83. The lowest BCUT2D eigenvalue weighted by Crippen LogP contribution is -2.39. The van der Waals surface area contributed by atoms with E-state index < -0.39 is 0 Å². The molecule has 0 spiro atoms. The number of nitrogens with one attached hydrogen (secondary N) is 1. The van der Waals surface area contributed by atoms with Crippen molar-refractivity contribution in [3.05, 3.63) is 47.5 Å². The van der Waals surface area contributed by atoms with E-state index in [1.807, 2.05) is 37.2 Å². The molecule has 4 rings (SSSR count). The van der Waals surface area contributed by atoms with Crippen molar-refractivity contribution in [3.8, 4) is 0 Å². The van der Waals surface area contributed by atoms with Gasteiger partial charge in [-0.1, -0.05) is 0 Å². The molecule has 6 nitrogen and oxygen atoms in total. The van der Waals surface area contributed by atoms with Gasteiger partial charge in [-0.05, 0) is 38.0 Å².